The molecule has 2 aromatic rings. The summed E-state index contributed by atoms with van der Waals surface area (Å²) in [6, 6.07) is 17.7. The molecular formula is C24H36O. The third-order valence-corrected chi connectivity index (χ3v) is 4.90. The van der Waals surface area contributed by atoms with Crippen molar-refractivity contribution in [1.82, 2.24) is 0 Å². The quantitative estimate of drug-likeness (QED) is 0.627. The molecule has 0 spiro atoms. The van der Waals surface area contributed by atoms with Gasteiger partial charge in [0.25, 0.3) is 0 Å². The summed E-state index contributed by atoms with van der Waals surface area (Å²) in [6.07, 6.45) is 11.1. The molecule has 25 heavy (non-hydrogen) atoms. The minimum atomic E-state index is 0.340. The van der Waals surface area contributed by atoms with Gasteiger partial charge in [-0.2, -0.15) is 0 Å². The van der Waals surface area contributed by atoms with E-state index in [9.17, 15) is 0 Å². The first-order chi connectivity index (χ1) is 12.2. The molecule has 1 nitrogen and oxygen atoms in total. The molecule has 1 aliphatic carbocycles. The lowest BCUT2D eigenvalue weighted by Gasteiger charge is -2.18. The molecule has 0 heterocycles. The van der Waals surface area contributed by atoms with Crippen molar-refractivity contribution >= 4 is 0 Å². The normalized spacial score (nSPS) is 13.9. The number of aryl methyl sites for hydroxylation is 2. The van der Waals surface area contributed by atoms with Gasteiger partial charge >= 0.3 is 0 Å². The molecule has 0 aromatic heterocycles. The van der Waals surface area contributed by atoms with Crippen LogP contribution in [0.15, 0.2) is 54.6 Å². The highest BCUT2D eigenvalue weighted by Crippen LogP contribution is 2.25. The van der Waals surface area contributed by atoms with E-state index in [1.54, 1.807) is 12.1 Å². The van der Waals surface area contributed by atoms with Gasteiger partial charge in [-0.05, 0) is 42.0 Å². The van der Waals surface area contributed by atoms with Crippen LogP contribution in [-0.2, 0) is 12.8 Å². The number of aromatic hydroxyl groups is 1. The summed E-state index contributed by atoms with van der Waals surface area (Å²) < 4.78 is 0. The first-order valence-corrected chi connectivity index (χ1v) is 10.0. The van der Waals surface area contributed by atoms with Crippen LogP contribution in [0, 0.1) is 5.92 Å². The van der Waals surface area contributed by atoms with E-state index >= 15 is 0 Å². The monoisotopic (exact) mass is 340 g/mol. The van der Waals surface area contributed by atoms with Crippen LogP contribution in [-0.4, -0.2) is 5.11 Å². The predicted molar refractivity (Wildman–Crippen MR) is 110 cm³/mol. The second-order valence-corrected chi connectivity index (χ2v) is 6.77. The Morgan fingerprint density at radius 2 is 1.24 bits per heavy atom. The van der Waals surface area contributed by atoms with Crippen molar-refractivity contribution < 1.29 is 5.11 Å². The Morgan fingerprint density at radius 3 is 1.64 bits per heavy atom. The first-order valence-electron chi connectivity index (χ1n) is 10.0. The summed E-state index contributed by atoms with van der Waals surface area (Å²) in [7, 11) is 0. The SMILES string of the molecule is CCC1CCCCC1.CCc1ccc(O)cc1.CCc1ccccc1. The van der Waals surface area contributed by atoms with E-state index in [2.05, 4.69) is 45.0 Å². The Labute approximate surface area is 155 Å². The van der Waals surface area contributed by atoms with E-state index in [1.807, 2.05) is 18.2 Å². The lowest BCUT2D eigenvalue weighted by molar-refractivity contribution is 0.349. The summed E-state index contributed by atoms with van der Waals surface area (Å²) in [6.45, 7) is 6.57. The molecule has 3 rings (SSSR count). The number of hydrogen-bond donors (Lipinski definition) is 1. The minimum absolute atomic E-state index is 0.340. The van der Waals surface area contributed by atoms with Crippen molar-refractivity contribution in [2.24, 2.45) is 5.92 Å². The third-order valence-electron chi connectivity index (χ3n) is 4.90. The van der Waals surface area contributed by atoms with Gasteiger partial charge in [0.2, 0.25) is 0 Å². The van der Waals surface area contributed by atoms with Crippen LogP contribution in [0.2, 0.25) is 0 Å². The fourth-order valence-corrected chi connectivity index (χ4v) is 3.04. The average Bonchev–Trinajstić information content (AvgIpc) is 2.71. The molecule has 0 unspecified atom stereocenters. The summed E-state index contributed by atoms with van der Waals surface area (Å²) >= 11 is 0. The van der Waals surface area contributed by atoms with E-state index < -0.39 is 0 Å². The van der Waals surface area contributed by atoms with Crippen LogP contribution in [0.5, 0.6) is 5.75 Å². The number of phenolic OH excluding ortho intramolecular Hbond substituents is 1. The molecule has 0 saturated heterocycles. The minimum Gasteiger partial charge on any atom is -0.508 e. The molecule has 0 amide bonds. The predicted octanol–water partition coefficient (Wildman–Crippen LogP) is 7.18. The molecule has 0 bridgehead atoms. The lowest BCUT2D eigenvalue weighted by Crippen LogP contribution is -2.03. The summed E-state index contributed by atoms with van der Waals surface area (Å²) in [5.41, 5.74) is 2.67. The zero-order chi connectivity index (χ0) is 18.3. The number of benzene rings is 2. The van der Waals surface area contributed by atoms with Crippen LogP contribution in [0.4, 0.5) is 0 Å². The highest BCUT2D eigenvalue weighted by atomic mass is 16.3. The smallest absolute Gasteiger partial charge is 0.115 e. The zero-order valence-electron chi connectivity index (χ0n) is 16.4. The number of phenols is 1. The standard InChI is InChI=1S/C8H10O.C8H16.C8H10/c1-2-7-3-5-8(9)6-4-7;2*1-2-8-6-4-3-5-7-8/h3-6,9H,2H2,1H3;8H,2-7H2,1H3;3-7H,2H2,1H3. The van der Waals surface area contributed by atoms with Crippen molar-refractivity contribution in [3.8, 4) is 5.75 Å². The van der Waals surface area contributed by atoms with E-state index in [-0.39, 0.29) is 0 Å². The number of rotatable bonds is 3. The van der Waals surface area contributed by atoms with Crippen LogP contribution in [0.1, 0.15) is 70.4 Å². The molecular weight excluding hydrogens is 304 g/mol. The van der Waals surface area contributed by atoms with Crippen molar-refractivity contribution in [3.63, 3.8) is 0 Å². The van der Waals surface area contributed by atoms with E-state index in [0.717, 1.165) is 18.8 Å². The fourth-order valence-electron chi connectivity index (χ4n) is 3.04. The Hall–Kier alpha value is -1.76. The van der Waals surface area contributed by atoms with Crippen LogP contribution < -0.4 is 0 Å². The van der Waals surface area contributed by atoms with Crippen LogP contribution in [0.3, 0.4) is 0 Å². The van der Waals surface area contributed by atoms with Crippen molar-refractivity contribution in [2.75, 3.05) is 0 Å². The molecule has 0 aliphatic heterocycles. The second-order valence-electron chi connectivity index (χ2n) is 6.77. The lowest BCUT2D eigenvalue weighted by atomic mass is 9.88. The van der Waals surface area contributed by atoms with Gasteiger partial charge in [-0.1, -0.05) is 102 Å². The molecule has 1 heteroatoms. The van der Waals surface area contributed by atoms with Crippen molar-refractivity contribution in [3.05, 3.63) is 65.7 Å². The zero-order valence-corrected chi connectivity index (χ0v) is 16.4. The molecule has 1 N–H and O–H groups in total. The van der Waals surface area contributed by atoms with E-state index in [4.69, 9.17) is 5.11 Å². The third kappa shape index (κ3) is 9.96. The Kier molecular flexibility index (Phi) is 11.5. The van der Waals surface area contributed by atoms with Gasteiger partial charge in [0.05, 0.1) is 0 Å². The molecule has 0 radical (unpaired) electrons. The average molecular weight is 341 g/mol. The Morgan fingerprint density at radius 1 is 0.720 bits per heavy atom. The summed E-state index contributed by atoms with van der Waals surface area (Å²) in [5, 5.41) is 8.85. The number of hydrogen-bond acceptors (Lipinski definition) is 1. The molecule has 0 atom stereocenters. The maximum Gasteiger partial charge on any atom is 0.115 e. The maximum absolute atomic E-state index is 8.85. The van der Waals surface area contributed by atoms with Gasteiger partial charge in [0.15, 0.2) is 0 Å². The Bertz CT molecular complexity index is 524. The topological polar surface area (TPSA) is 20.2 Å². The van der Waals surface area contributed by atoms with Crippen molar-refractivity contribution in [2.45, 2.75) is 72.1 Å². The maximum atomic E-state index is 8.85. The largest absolute Gasteiger partial charge is 0.508 e. The fraction of sp³-hybridized carbons (Fsp3) is 0.500. The second kappa shape index (κ2) is 13.5. The first kappa shape index (κ1) is 21.3. The van der Waals surface area contributed by atoms with Gasteiger partial charge in [-0.3, -0.25) is 0 Å². The van der Waals surface area contributed by atoms with Gasteiger partial charge in [-0.15, -0.1) is 0 Å². The van der Waals surface area contributed by atoms with E-state index in [1.165, 1.54) is 49.7 Å². The van der Waals surface area contributed by atoms with Crippen LogP contribution >= 0.6 is 0 Å². The molecule has 1 aliphatic rings. The summed E-state index contributed by atoms with van der Waals surface area (Å²) in [5.74, 6) is 1.43. The van der Waals surface area contributed by atoms with Crippen molar-refractivity contribution in [1.29, 1.82) is 0 Å². The van der Waals surface area contributed by atoms with E-state index in [0.29, 0.717) is 5.75 Å². The van der Waals surface area contributed by atoms with Gasteiger partial charge in [0, 0.05) is 0 Å². The summed E-state index contributed by atoms with van der Waals surface area (Å²) in [4.78, 5) is 0. The highest BCUT2D eigenvalue weighted by Gasteiger charge is 2.09. The van der Waals surface area contributed by atoms with Gasteiger partial charge < -0.3 is 5.11 Å². The molecule has 1 saturated carbocycles. The van der Waals surface area contributed by atoms with Gasteiger partial charge in [-0.25, -0.2) is 0 Å². The molecule has 1 fully saturated rings. The molecule has 2 aromatic carbocycles. The van der Waals surface area contributed by atoms with Gasteiger partial charge in [0.1, 0.15) is 5.75 Å². The highest BCUT2D eigenvalue weighted by molar-refractivity contribution is 5.25. The molecule has 138 valence electrons. The van der Waals surface area contributed by atoms with Crippen LogP contribution in [0.25, 0.3) is 0 Å². The Balaban J connectivity index is 0.000000188.